The molecule has 0 atom stereocenters. The molecule has 12 rings (SSSR count). The molecule has 0 spiro atoms. The minimum absolute atomic E-state index is 0. The number of thiocarbonyl (C=S) groups is 2. The van der Waals surface area contributed by atoms with E-state index in [9.17, 15) is 9.59 Å². The average molecular weight is 1260 g/mol. The molecule has 0 fully saturated rings. The second-order valence-corrected chi connectivity index (χ2v) is 21.1. The van der Waals surface area contributed by atoms with Gasteiger partial charge in [0.05, 0.1) is 33.9 Å². The summed E-state index contributed by atoms with van der Waals surface area (Å²) >= 11 is 7.40. The molecule has 4 aromatic heterocycles. The normalized spacial score (nSPS) is 12.4. The summed E-state index contributed by atoms with van der Waals surface area (Å²) in [5.74, 6) is -2.15. The van der Waals surface area contributed by atoms with E-state index in [4.69, 9.17) is 31.0 Å². The maximum atomic E-state index is 10.8. The standard InChI is InChI=1S/C60H52N2.C12H8N2O4.2CNS.Ru/c1-5-59(6-2)53-35-43(21-19-41-15-11-9-12-16-41)23-27-49(53)51-29-25-45(37-55(51)59)47-31-33-61-57(39-47)58-40-48(32-34-62-58)46-26-30-52-50-28-24-44(22-20-42-17-13-10-14-18-42)36-54(50)60(7-3,8-4)56(52)38-46;15-11(16)7-1-3-13-9(5-7)10-6-8(12(17)18)2-4-14-10;2*2-1-3;/h9-40H,5-8H2,1-4H3;1-6H,(H,15,16)(H,17,18);;;/q;;2*-1;+2/b21-19+,22-20+;;;;. The molecule has 0 amide bonds. The quantitative estimate of drug-likeness (QED) is 0.0462. The first-order valence-electron chi connectivity index (χ1n) is 28.3. The number of carbonyl (C=O) groups is 2. The number of fused-ring (bicyclic) bond motifs is 6. The Kier molecular flexibility index (Phi) is 21.3. The summed E-state index contributed by atoms with van der Waals surface area (Å²) in [5.41, 5.74) is 23.2. The summed E-state index contributed by atoms with van der Waals surface area (Å²) in [4.78, 5) is 39.4. The number of pyridine rings is 4. The molecule has 6 aromatic carbocycles. The maximum absolute atomic E-state index is 10.8. The van der Waals surface area contributed by atoms with E-state index < -0.39 is 11.9 Å². The van der Waals surface area contributed by atoms with Gasteiger partial charge in [0.1, 0.15) is 0 Å². The van der Waals surface area contributed by atoms with Gasteiger partial charge >= 0.3 is 31.4 Å². The van der Waals surface area contributed by atoms with Crippen LogP contribution in [0.5, 0.6) is 0 Å². The monoisotopic (exact) mass is 1260 g/mol. The molecule has 0 radical (unpaired) electrons. The topological polar surface area (TPSA) is 171 Å². The first kappa shape index (κ1) is 63.6. The van der Waals surface area contributed by atoms with Crippen LogP contribution in [0.3, 0.4) is 0 Å². The molecule has 0 bridgehead atoms. The van der Waals surface area contributed by atoms with Crippen molar-refractivity contribution in [2.45, 2.75) is 64.2 Å². The predicted molar refractivity (Wildman–Crippen MR) is 356 cm³/mol. The van der Waals surface area contributed by atoms with Crippen molar-refractivity contribution < 1.29 is 39.3 Å². The Labute approximate surface area is 531 Å². The van der Waals surface area contributed by atoms with Crippen molar-refractivity contribution in [2.24, 2.45) is 0 Å². The molecular formula is C74H60N6O4RuS2. The Hall–Kier alpha value is -9.44. The molecule has 2 aliphatic rings. The van der Waals surface area contributed by atoms with Gasteiger partial charge in [-0.3, -0.25) is 19.9 Å². The van der Waals surface area contributed by atoms with Gasteiger partial charge in [0.25, 0.3) is 0 Å². The summed E-state index contributed by atoms with van der Waals surface area (Å²) in [6, 6.07) is 63.4. The third-order valence-electron chi connectivity index (χ3n) is 16.4. The van der Waals surface area contributed by atoms with Crippen LogP contribution in [0.2, 0.25) is 0 Å². The van der Waals surface area contributed by atoms with Crippen molar-refractivity contribution in [1.82, 2.24) is 19.9 Å². The summed E-state index contributed by atoms with van der Waals surface area (Å²) < 4.78 is 0. The van der Waals surface area contributed by atoms with Crippen LogP contribution in [-0.4, -0.2) is 52.4 Å². The number of isothiocyanates is 2. The molecule has 0 unspecified atom stereocenters. The zero-order chi connectivity index (χ0) is 60.8. The summed E-state index contributed by atoms with van der Waals surface area (Å²) in [6.07, 6.45) is 19.6. The molecule has 13 heteroatoms. The van der Waals surface area contributed by atoms with Gasteiger partial charge in [0.15, 0.2) is 0 Å². The Morgan fingerprint density at radius 3 is 1.02 bits per heavy atom. The number of aromatic nitrogens is 4. The fraction of sp³-hybridized carbons (Fsp3) is 0.135. The second-order valence-electron chi connectivity index (χ2n) is 20.7. The summed E-state index contributed by atoms with van der Waals surface area (Å²) in [7, 11) is 0. The Balaban J connectivity index is 0.000000330. The van der Waals surface area contributed by atoms with Crippen LogP contribution < -0.4 is 0 Å². The molecular weight excluding hydrogens is 1200 g/mol. The minimum atomic E-state index is -1.08. The van der Waals surface area contributed by atoms with Crippen molar-refractivity contribution in [1.29, 1.82) is 0 Å². The second kappa shape index (κ2) is 29.1. The molecule has 0 saturated carbocycles. The van der Waals surface area contributed by atoms with Gasteiger partial charge in [0, 0.05) is 35.6 Å². The van der Waals surface area contributed by atoms with Crippen LogP contribution in [0.4, 0.5) is 0 Å². The molecule has 2 N–H and O–H groups in total. The molecule has 87 heavy (non-hydrogen) atoms. The fourth-order valence-corrected chi connectivity index (χ4v) is 12.0. The SMILES string of the molecule is CCC1(CC)c2cc(/C=C/c3ccccc3)ccc2-c2ccc(-c3ccnc(-c4cc(-c5ccc6c(c5)C(CC)(CC)c5cc(/C=C/c7ccccc7)ccc5-6)ccn4)c3)cc21.O=C(O)c1ccnc(-c2cc(C(=O)O)ccn2)c1.[N-]=C=S.[N-]=C=S.[Ru+2]. The minimum Gasteiger partial charge on any atom is -0.753 e. The third-order valence-corrected chi connectivity index (χ3v) is 16.4. The summed E-state index contributed by atoms with van der Waals surface area (Å²) in [5, 5.41) is 34.6. The van der Waals surface area contributed by atoms with E-state index in [1.54, 1.807) is 0 Å². The van der Waals surface area contributed by atoms with Crippen molar-refractivity contribution in [3.63, 3.8) is 0 Å². The molecule has 430 valence electrons. The van der Waals surface area contributed by atoms with E-state index in [0.717, 1.165) is 48.2 Å². The Bertz CT molecular complexity index is 3990. The first-order valence-corrected chi connectivity index (χ1v) is 29.1. The van der Waals surface area contributed by atoms with E-state index >= 15 is 0 Å². The van der Waals surface area contributed by atoms with Gasteiger partial charge in [-0.1, -0.05) is 198 Å². The van der Waals surface area contributed by atoms with Crippen LogP contribution in [0.1, 0.15) is 119 Å². The number of aromatic carboxylic acids is 2. The molecule has 10 aromatic rings. The van der Waals surface area contributed by atoms with E-state index in [-0.39, 0.29) is 41.4 Å². The van der Waals surface area contributed by atoms with Gasteiger partial charge in [-0.15, -0.1) is 0 Å². The van der Waals surface area contributed by atoms with Gasteiger partial charge < -0.3 is 21.0 Å². The first-order chi connectivity index (χ1) is 41.9. The molecule has 2 aliphatic carbocycles. The zero-order valence-electron chi connectivity index (χ0n) is 48.3. The van der Waals surface area contributed by atoms with Gasteiger partial charge in [0.2, 0.25) is 0 Å². The van der Waals surface area contributed by atoms with Crippen LogP contribution >= 0.6 is 24.4 Å². The van der Waals surface area contributed by atoms with Gasteiger partial charge in [-0.2, -0.15) is 10.3 Å². The largest absolute Gasteiger partial charge is 2.00 e. The molecule has 0 aliphatic heterocycles. The smallest absolute Gasteiger partial charge is 0.753 e. The van der Waals surface area contributed by atoms with Gasteiger partial charge in [-0.05, 0) is 175 Å². The molecule has 4 heterocycles. The number of rotatable bonds is 14. The average Bonchev–Trinajstić information content (AvgIpc) is 1.62. The number of hydrogen-bond acceptors (Lipinski definition) is 8. The van der Waals surface area contributed by atoms with E-state index in [1.807, 2.05) is 12.4 Å². The van der Waals surface area contributed by atoms with Crippen molar-refractivity contribution in [3.05, 3.63) is 273 Å². The van der Waals surface area contributed by atoms with Crippen molar-refractivity contribution in [3.8, 4) is 67.3 Å². The third kappa shape index (κ3) is 13.7. The molecule has 10 nitrogen and oxygen atoms in total. The Morgan fingerprint density at radius 1 is 0.402 bits per heavy atom. The van der Waals surface area contributed by atoms with Crippen LogP contribution in [0.25, 0.3) is 102 Å². The predicted octanol–water partition coefficient (Wildman–Crippen LogP) is 18.8. The van der Waals surface area contributed by atoms with Crippen molar-refractivity contribution >= 4 is 71.0 Å². The fourth-order valence-electron chi connectivity index (χ4n) is 12.0. The van der Waals surface area contributed by atoms with Crippen molar-refractivity contribution in [2.75, 3.05) is 0 Å². The summed E-state index contributed by atoms with van der Waals surface area (Å²) in [6.45, 7) is 9.38. The number of nitrogens with zero attached hydrogens (tertiary/aromatic N) is 6. The number of carboxylic acids is 2. The van der Waals surface area contributed by atoms with Crippen LogP contribution in [-0.2, 0) is 30.3 Å². The zero-order valence-corrected chi connectivity index (χ0v) is 51.7. The van der Waals surface area contributed by atoms with Crippen LogP contribution in [0, 0.1) is 0 Å². The van der Waals surface area contributed by atoms with E-state index in [2.05, 4.69) is 244 Å². The number of carboxylic acid groups (broad SMARTS) is 2. The Morgan fingerprint density at radius 2 is 0.690 bits per heavy atom. The van der Waals surface area contributed by atoms with E-state index in [0.29, 0.717) is 11.4 Å². The molecule has 0 saturated heterocycles. The van der Waals surface area contributed by atoms with Crippen LogP contribution in [0.15, 0.2) is 207 Å². The maximum Gasteiger partial charge on any atom is 2.00 e. The number of hydrogen-bond donors (Lipinski definition) is 2. The van der Waals surface area contributed by atoms with E-state index in [1.165, 1.54) is 125 Å². The van der Waals surface area contributed by atoms with Gasteiger partial charge in [-0.25, -0.2) is 9.59 Å². The number of benzene rings is 6.